The topological polar surface area (TPSA) is 113 Å². The van der Waals surface area contributed by atoms with Crippen LogP contribution in [0.25, 0.3) is 0 Å². The summed E-state index contributed by atoms with van der Waals surface area (Å²) in [6, 6.07) is 6.49. The Hall–Kier alpha value is -1.78. The van der Waals surface area contributed by atoms with Crippen LogP contribution < -0.4 is 15.8 Å². The Morgan fingerprint density at radius 2 is 2.06 bits per heavy atom. The van der Waals surface area contributed by atoms with Crippen LogP contribution in [-0.4, -0.2) is 21.5 Å². The van der Waals surface area contributed by atoms with E-state index < -0.39 is 10.0 Å². The number of nitrogens with two attached hydrogens (primary N) is 2. The van der Waals surface area contributed by atoms with E-state index in [1.807, 2.05) is 17.9 Å². The molecule has 1 rings (SSSR count). The number of anilines is 2. The van der Waals surface area contributed by atoms with Crippen molar-refractivity contribution in [3.05, 3.63) is 18.2 Å². The zero-order valence-electron chi connectivity index (χ0n) is 10.1. The average Bonchev–Trinajstić information content (AvgIpc) is 2.28. The van der Waals surface area contributed by atoms with E-state index in [1.165, 1.54) is 12.1 Å². The van der Waals surface area contributed by atoms with Crippen molar-refractivity contribution in [3.8, 4) is 6.07 Å². The number of nitrogens with zero attached hydrogens (tertiary/aromatic N) is 2. The summed E-state index contributed by atoms with van der Waals surface area (Å²) in [6.07, 6.45) is 0.355. The van der Waals surface area contributed by atoms with Crippen LogP contribution in [-0.2, 0) is 10.0 Å². The molecule has 0 bridgehead atoms. The third-order valence-electron chi connectivity index (χ3n) is 2.48. The van der Waals surface area contributed by atoms with Gasteiger partial charge in [-0.3, -0.25) is 0 Å². The molecule has 0 aliphatic rings. The summed E-state index contributed by atoms with van der Waals surface area (Å²) < 4.78 is 22.6. The Labute approximate surface area is 107 Å². The number of benzene rings is 1. The summed E-state index contributed by atoms with van der Waals surface area (Å²) in [6.45, 7) is 3.08. The van der Waals surface area contributed by atoms with E-state index in [4.69, 9.17) is 16.1 Å². The summed E-state index contributed by atoms with van der Waals surface area (Å²) in [4.78, 5) is 1.85. The quantitative estimate of drug-likeness (QED) is 0.761. The van der Waals surface area contributed by atoms with Gasteiger partial charge in [0.15, 0.2) is 0 Å². The van der Waals surface area contributed by atoms with Gasteiger partial charge in [-0.2, -0.15) is 5.26 Å². The highest BCUT2D eigenvalue weighted by atomic mass is 32.2. The van der Waals surface area contributed by atoms with Crippen LogP contribution in [0.3, 0.4) is 0 Å². The van der Waals surface area contributed by atoms with Crippen LogP contribution in [0, 0.1) is 11.3 Å². The van der Waals surface area contributed by atoms with Gasteiger partial charge in [0.25, 0.3) is 0 Å². The molecule has 6 nitrogen and oxygen atoms in total. The predicted molar refractivity (Wildman–Crippen MR) is 70.3 cm³/mol. The molecule has 98 valence electrons. The molecule has 0 fully saturated rings. The van der Waals surface area contributed by atoms with E-state index in [9.17, 15) is 8.42 Å². The van der Waals surface area contributed by atoms with E-state index in [0.29, 0.717) is 30.9 Å². The third-order valence-corrected chi connectivity index (χ3v) is 3.38. The highest BCUT2D eigenvalue weighted by Crippen LogP contribution is 2.23. The minimum Gasteiger partial charge on any atom is -0.399 e. The van der Waals surface area contributed by atoms with Crippen molar-refractivity contribution in [1.82, 2.24) is 0 Å². The van der Waals surface area contributed by atoms with Crippen LogP contribution in [0.1, 0.15) is 13.3 Å². The Balaban J connectivity index is 3.16. The molecular weight excluding hydrogens is 252 g/mol. The van der Waals surface area contributed by atoms with Crippen molar-refractivity contribution in [2.75, 3.05) is 23.7 Å². The lowest BCUT2D eigenvalue weighted by atomic mass is 10.2. The molecule has 0 aromatic heterocycles. The molecule has 0 unspecified atom stereocenters. The molecule has 0 saturated heterocycles. The first kappa shape index (κ1) is 14.3. The first-order chi connectivity index (χ1) is 8.38. The number of hydrogen-bond acceptors (Lipinski definition) is 5. The molecule has 1 aromatic rings. The number of hydrogen-bond donors (Lipinski definition) is 2. The number of rotatable bonds is 5. The van der Waals surface area contributed by atoms with E-state index in [1.54, 1.807) is 6.07 Å². The van der Waals surface area contributed by atoms with E-state index >= 15 is 0 Å². The largest absolute Gasteiger partial charge is 0.399 e. The summed E-state index contributed by atoms with van der Waals surface area (Å²) >= 11 is 0. The zero-order valence-corrected chi connectivity index (χ0v) is 10.9. The van der Waals surface area contributed by atoms with Gasteiger partial charge in [0.05, 0.1) is 17.4 Å². The maximum absolute atomic E-state index is 11.3. The van der Waals surface area contributed by atoms with Crippen molar-refractivity contribution in [2.24, 2.45) is 5.14 Å². The molecule has 0 aliphatic heterocycles. The Morgan fingerprint density at radius 1 is 1.39 bits per heavy atom. The summed E-state index contributed by atoms with van der Waals surface area (Å²) in [5.41, 5.74) is 6.64. The van der Waals surface area contributed by atoms with Gasteiger partial charge in [-0.1, -0.05) is 0 Å². The monoisotopic (exact) mass is 268 g/mol. The maximum atomic E-state index is 11.3. The SMILES string of the molecule is CCN(CCC#N)c1cc(N)cc(S(N)(=O)=O)c1. The zero-order chi connectivity index (χ0) is 13.8. The van der Waals surface area contributed by atoms with Crippen molar-refractivity contribution in [3.63, 3.8) is 0 Å². The Kier molecular flexibility index (Phi) is 4.53. The normalized spacial score (nSPS) is 10.9. The minimum atomic E-state index is -3.78. The maximum Gasteiger partial charge on any atom is 0.238 e. The van der Waals surface area contributed by atoms with E-state index in [-0.39, 0.29) is 4.90 Å². The van der Waals surface area contributed by atoms with Gasteiger partial charge < -0.3 is 10.6 Å². The second kappa shape index (κ2) is 5.71. The van der Waals surface area contributed by atoms with Gasteiger partial charge in [0, 0.05) is 24.5 Å². The number of nitriles is 1. The smallest absolute Gasteiger partial charge is 0.238 e. The molecule has 7 heteroatoms. The van der Waals surface area contributed by atoms with Crippen molar-refractivity contribution in [1.29, 1.82) is 5.26 Å². The van der Waals surface area contributed by atoms with Crippen LogP contribution in [0.4, 0.5) is 11.4 Å². The summed E-state index contributed by atoms with van der Waals surface area (Å²) in [7, 11) is -3.78. The summed E-state index contributed by atoms with van der Waals surface area (Å²) in [5, 5.41) is 13.7. The van der Waals surface area contributed by atoms with Crippen LogP contribution in [0.5, 0.6) is 0 Å². The predicted octanol–water partition coefficient (Wildman–Crippen LogP) is 0.656. The number of primary sulfonamides is 1. The molecule has 0 saturated carbocycles. The first-order valence-corrected chi connectivity index (χ1v) is 6.98. The van der Waals surface area contributed by atoms with Crippen LogP contribution >= 0.6 is 0 Å². The molecular formula is C11H16N4O2S. The van der Waals surface area contributed by atoms with Crippen molar-refractivity contribution >= 4 is 21.4 Å². The third kappa shape index (κ3) is 3.61. The highest BCUT2D eigenvalue weighted by molar-refractivity contribution is 7.89. The molecule has 0 aliphatic carbocycles. The fourth-order valence-corrected chi connectivity index (χ4v) is 2.19. The fourth-order valence-electron chi connectivity index (χ4n) is 1.61. The van der Waals surface area contributed by atoms with Crippen molar-refractivity contribution < 1.29 is 8.42 Å². The second-order valence-electron chi connectivity index (χ2n) is 3.79. The Morgan fingerprint density at radius 3 is 2.56 bits per heavy atom. The molecule has 0 heterocycles. The lowest BCUT2D eigenvalue weighted by molar-refractivity contribution is 0.598. The van der Waals surface area contributed by atoms with E-state index in [2.05, 4.69) is 0 Å². The molecule has 0 radical (unpaired) electrons. The van der Waals surface area contributed by atoms with Crippen molar-refractivity contribution in [2.45, 2.75) is 18.2 Å². The molecule has 0 amide bonds. The van der Waals surface area contributed by atoms with Gasteiger partial charge in [-0.25, -0.2) is 13.6 Å². The van der Waals surface area contributed by atoms with Gasteiger partial charge in [-0.05, 0) is 25.1 Å². The lowest BCUT2D eigenvalue weighted by Gasteiger charge is -2.22. The fraction of sp³-hybridized carbons (Fsp3) is 0.364. The first-order valence-electron chi connectivity index (χ1n) is 5.43. The number of sulfonamides is 1. The molecule has 0 atom stereocenters. The highest BCUT2D eigenvalue weighted by Gasteiger charge is 2.12. The number of nitrogen functional groups attached to an aromatic ring is 1. The molecule has 0 spiro atoms. The average molecular weight is 268 g/mol. The second-order valence-corrected chi connectivity index (χ2v) is 5.35. The van der Waals surface area contributed by atoms with Gasteiger partial charge in [0.1, 0.15) is 0 Å². The van der Waals surface area contributed by atoms with Crippen LogP contribution in [0.15, 0.2) is 23.1 Å². The minimum absolute atomic E-state index is 0.0205. The van der Waals surface area contributed by atoms with E-state index in [0.717, 1.165) is 0 Å². The van der Waals surface area contributed by atoms with Crippen LogP contribution in [0.2, 0.25) is 0 Å². The standard InChI is InChI=1S/C11H16N4O2S/c1-2-15(5-3-4-12)10-6-9(13)7-11(8-10)18(14,16)17/h6-8H,2-3,5,13H2,1H3,(H2,14,16,17). The lowest BCUT2D eigenvalue weighted by Crippen LogP contribution is -2.24. The van der Waals surface area contributed by atoms with Gasteiger partial charge in [-0.15, -0.1) is 0 Å². The molecule has 18 heavy (non-hydrogen) atoms. The van der Waals surface area contributed by atoms with Gasteiger partial charge >= 0.3 is 0 Å². The molecule has 4 N–H and O–H groups in total. The van der Waals surface area contributed by atoms with Gasteiger partial charge in [0.2, 0.25) is 10.0 Å². The molecule has 1 aromatic carbocycles. The summed E-state index contributed by atoms with van der Waals surface area (Å²) in [5.74, 6) is 0. The Bertz CT molecular complexity index is 563.